The van der Waals surface area contributed by atoms with Crippen LogP contribution in [0.1, 0.15) is 322 Å². The summed E-state index contributed by atoms with van der Waals surface area (Å²) in [4.78, 5) is 24.5. The van der Waals surface area contributed by atoms with Crippen LogP contribution >= 0.6 is 0 Å². The number of unbranched alkanes of at least 4 members (excludes halogenated alkanes) is 42. The van der Waals surface area contributed by atoms with Crippen LogP contribution in [0.5, 0.6) is 0 Å². The van der Waals surface area contributed by atoms with Gasteiger partial charge in [-0.15, -0.1) is 0 Å². The molecule has 370 valence electrons. The zero-order chi connectivity index (χ0) is 45.1. The molecule has 0 aromatic carbocycles. The lowest BCUT2D eigenvalue weighted by Gasteiger charge is -2.22. The molecule has 0 radical (unpaired) electrons. The molecule has 0 aliphatic carbocycles. The molecule has 2 atom stereocenters. The first-order valence-electron chi connectivity index (χ1n) is 28.3. The summed E-state index contributed by atoms with van der Waals surface area (Å²) in [5.74, 6) is -0.0269. The van der Waals surface area contributed by atoms with Gasteiger partial charge in [-0.3, -0.25) is 9.59 Å². The number of carbonyl (C=O) groups excluding carboxylic acids is 2. The Morgan fingerprint density at radius 1 is 0.387 bits per heavy atom. The summed E-state index contributed by atoms with van der Waals surface area (Å²) in [5, 5.41) is 23.2. The molecule has 0 saturated heterocycles. The van der Waals surface area contributed by atoms with E-state index in [0.29, 0.717) is 25.9 Å². The molecule has 0 aromatic rings. The number of aliphatic hydroxyl groups is 2. The van der Waals surface area contributed by atoms with E-state index in [0.717, 1.165) is 38.5 Å². The predicted molar refractivity (Wildman–Crippen MR) is 269 cm³/mol. The minimum Gasteiger partial charge on any atom is -0.466 e. The van der Waals surface area contributed by atoms with Crippen molar-refractivity contribution in [3.05, 3.63) is 0 Å². The van der Waals surface area contributed by atoms with Gasteiger partial charge >= 0.3 is 5.97 Å². The molecular weight excluding hydrogens is 767 g/mol. The number of amides is 1. The third-order valence-electron chi connectivity index (χ3n) is 13.4. The highest BCUT2D eigenvalue weighted by Gasteiger charge is 2.20. The van der Waals surface area contributed by atoms with Gasteiger partial charge in [0.25, 0.3) is 0 Å². The van der Waals surface area contributed by atoms with Gasteiger partial charge in [0.2, 0.25) is 5.91 Å². The van der Waals surface area contributed by atoms with Gasteiger partial charge in [0.1, 0.15) is 0 Å². The van der Waals surface area contributed by atoms with E-state index in [4.69, 9.17) is 4.74 Å². The van der Waals surface area contributed by atoms with E-state index in [1.165, 1.54) is 250 Å². The molecule has 0 bridgehead atoms. The molecule has 6 heteroatoms. The zero-order valence-corrected chi connectivity index (χ0v) is 42.1. The lowest BCUT2D eigenvalue weighted by atomic mass is 10.0. The summed E-state index contributed by atoms with van der Waals surface area (Å²) in [7, 11) is 0. The summed E-state index contributed by atoms with van der Waals surface area (Å²) in [6.45, 7) is 4.96. The van der Waals surface area contributed by atoms with Crippen molar-refractivity contribution in [2.45, 2.75) is 334 Å². The van der Waals surface area contributed by atoms with E-state index in [9.17, 15) is 19.8 Å². The minimum absolute atomic E-state index is 0.0103. The van der Waals surface area contributed by atoms with E-state index < -0.39 is 12.1 Å². The van der Waals surface area contributed by atoms with Crippen LogP contribution in [0.4, 0.5) is 0 Å². The Morgan fingerprint density at radius 3 is 0.984 bits per heavy atom. The van der Waals surface area contributed by atoms with Crippen molar-refractivity contribution in [1.82, 2.24) is 5.32 Å². The van der Waals surface area contributed by atoms with Crippen LogP contribution in [0.15, 0.2) is 0 Å². The van der Waals surface area contributed by atoms with E-state index in [2.05, 4.69) is 19.2 Å². The van der Waals surface area contributed by atoms with Crippen LogP contribution in [0, 0.1) is 0 Å². The maximum absolute atomic E-state index is 12.4. The van der Waals surface area contributed by atoms with Gasteiger partial charge in [0.05, 0.1) is 25.4 Å². The van der Waals surface area contributed by atoms with Crippen LogP contribution < -0.4 is 5.32 Å². The van der Waals surface area contributed by atoms with E-state index >= 15 is 0 Å². The van der Waals surface area contributed by atoms with Crippen molar-refractivity contribution in [3.8, 4) is 0 Å². The number of aliphatic hydroxyl groups excluding tert-OH is 2. The fraction of sp³-hybridized carbons (Fsp3) is 0.964. The summed E-state index contributed by atoms with van der Waals surface area (Å²) in [6, 6.07) is -0.542. The molecule has 6 nitrogen and oxygen atoms in total. The normalized spacial score (nSPS) is 12.5. The molecule has 0 spiro atoms. The molecule has 2 unspecified atom stereocenters. The Hall–Kier alpha value is -1.14. The Morgan fingerprint density at radius 2 is 0.661 bits per heavy atom. The average molecular weight is 879 g/mol. The van der Waals surface area contributed by atoms with E-state index in [-0.39, 0.29) is 18.5 Å². The van der Waals surface area contributed by atoms with Crippen molar-refractivity contribution >= 4 is 11.9 Å². The maximum Gasteiger partial charge on any atom is 0.305 e. The van der Waals surface area contributed by atoms with Crippen molar-refractivity contribution < 1.29 is 24.5 Å². The molecule has 3 N–H and O–H groups in total. The van der Waals surface area contributed by atoms with Crippen molar-refractivity contribution in [2.75, 3.05) is 13.2 Å². The number of ether oxygens (including phenoxy) is 1. The van der Waals surface area contributed by atoms with Crippen LogP contribution in [0.3, 0.4) is 0 Å². The van der Waals surface area contributed by atoms with Crippen LogP contribution in [0.2, 0.25) is 0 Å². The second-order valence-electron chi connectivity index (χ2n) is 19.6. The number of nitrogens with one attached hydrogen (secondary N) is 1. The molecule has 1 amide bonds. The average Bonchev–Trinajstić information content (AvgIpc) is 3.27. The number of hydrogen-bond acceptors (Lipinski definition) is 5. The minimum atomic E-state index is -0.664. The SMILES string of the molecule is CCCCCCCCCCCCCCCCC(=O)OCCCCCCCCCCCCCCCCCCCCC(=O)NC(CO)C(O)CCCCCCCCCCCCCCC. The standard InChI is InChI=1S/C56H111NO5/c1-3-5-7-9-11-13-15-17-26-30-34-38-42-46-50-56(61)62-51-47-43-39-35-31-27-23-21-19-18-20-22-25-29-33-37-41-45-49-55(60)57-53(52-58)54(59)48-44-40-36-32-28-24-16-14-12-10-8-6-4-2/h53-54,58-59H,3-52H2,1-2H3,(H,57,60). The number of rotatable bonds is 53. The lowest BCUT2D eigenvalue weighted by molar-refractivity contribution is -0.143. The largest absolute Gasteiger partial charge is 0.466 e. The second kappa shape index (κ2) is 52.5. The number of carbonyl (C=O) groups is 2. The lowest BCUT2D eigenvalue weighted by Crippen LogP contribution is -2.45. The third kappa shape index (κ3) is 48.3. The quantitative estimate of drug-likeness (QED) is 0.0418. The molecule has 0 aromatic heterocycles. The maximum atomic E-state index is 12.4. The van der Waals surface area contributed by atoms with Crippen LogP contribution in [-0.4, -0.2) is 47.4 Å². The Labute approximate surface area is 387 Å². The van der Waals surface area contributed by atoms with Gasteiger partial charge in [-0.25, -0.2) is 0 Å². The molecule has 62 heavy (non-hydrogen) atoms. The van der Waals surface area contributed by atoms with Crippen LogP contribution in [-0.2, 0) is 14.3 Å². The smallest absolute Gasteiger partial charge is 0.305 e. The molecular formula is C56H111NO5. The van der Waals surface area contributed by atoms with Gasteiger partial charge in [-0.1, -0.05) is 284 Å². The Bertz CT molecular complexity index is 882. The summed E-state index contributed by atoms with van der Waals surface area (Å²) >= 11 is 0. The van der Waals surface area contributed by atoms with E-state index in [1.807, 2.05) is 0 Å². The fourth-order valence-corrected chi connectivity index (χ4v) is 9.05. The molecule has 0 rings (SSSR count). The van der Waals surface area contributed by atoms with Crippen molar-refractivity contribution in [1.29, 1.82) is 0 Å². The van der Waals surface area contributed by atoms with E-state index in [1.54, 1.807) is 0 Å². The molecule has 0 fully saturated rings. The first kappa shape index (κ1) is 60.9. The third-order valence-corrected chi connectivity index (χ3v) is 13.4. The van der Waals surface area contributed by atoms with Crippen molar-refractivity contribution in [2.24, 2.45) is 0 Å². The highest BCUT2D eigenvalue weighted by atomic mass is 16.5. The van der Waals surface area contributed by atoms with Gasteiger partial charge in [0.15, 0.2) is 0 Å². The second-order valence-corrected chi connectivity index (χ2v) is 19.6. The Balaban J connectivity index is 3.38. The summed E-state index contributed by atoms with van der Waals surface area (Å²) < 4.78 is 5.48. The van der Waals surface area contributed by atoms with Crippen molar-refractivity contribution in [3.63, 3.8) is 0 Å². The molecule has 0 heterocycles. The first-order valence-corrected chi connectivity index (χ1v) is 28.3. The monoisotopic (exact) mass is 878 g/mol. The Kier molecular flexibility index (Phi) is 51.5. The number of hydrogen-bond donors (Lipinski definition) is 3. The molecule has 0 saturated carbocycles. The van der Waals surface area contributed by atoms with Gasteiger partial charge in [0, 0.05) is 12.8 Å². The highest BCUT2D eigenvalue weighted by molar-refractivity contribution is 5.76. The highest BCUT2D eigenvalue weighted by Crippen LogP contribution is 2.18. The summed E-state index contributed by atoms with van der Waals surface area (Å²) in [6.07, 6.45) is 59.4. The van der Waals surface area contributed by atoms with Gasteiger partial charge in [-0.2, -0.15) is 0 Å². The zero-order valence-electron chi connectivity index (χ0n) is 42.1. The molecule has 0 aliphatic rings. The van der Waals surface area contributed by atoms with Crippen LogP contribution in [0.25, 0.3) is 0 Å². The molecule has 0 aliphatic heterocycles. The topological polar surface area (TPSA) is 95.9 Å². The summed E-state index contributed by atoms with van der Waals surface area (Å²) in [5.41, 5.74) is 0. The predicted octanol–water partition coefficient (Wildman–Crippen LogP) is 17.1. The number of esters is 1. The van der Waals surface area contributed by atoms with Gasteiger partial charge < -0.3 is 20.3 Å². The fourth-order valence-electron chi connectivity index (χ4n) is 9.05. The first-order chi connectivity index (χ1) is 30.5. The van der Waals surface area contributed by atoms with Gasteiger partial charge in [-0.05, 0) is 25.7 Å².